The fourth-order valence-corrected chi connectivity index (χ4v) is 2.51. The lowest BCUT2D eigenvalue weighted by molar-refractivity contribution is -0.136. The number of rotatable bonds is 6. The quantitative estimate of drug-likeness (QED) is 0.867. The van der Waals surface area contributed by atoms with E-state index in [0.717, 1.165) is 0 Å². The molecule has 110 valence electrons. The van der Waals surface area contributed by atoms with Crippen LogP contribution in [0, 0.1) is 11.8 Å². The minimum absolute atomic E-state index is 0.0863. The maximum Gasteiger partial charge on any atom is 0.240 e. The molecular weight excluding hydrogens is 248 g/mol. The van der Waals surface area contributed by atoms with Gasteiger partial charge in [-0.2, -0.15) is 0 Å². The first-order valence-electron chi connectivity index (χ1n) is 7.60. The van der Waals surface area contributed by atoms with Crippen molar-refractivity contribution in [2.45, 2.75) is 52.2 Å². The van der Waals surface area contributed by atoms with E-state index in [1.165, 1.54) is 18.4 Å². The first-order chi connectivity index (χ1) is 9.50. The molecule has 2 rings (SSSR count). The second-order valence-electron chi connectivity index (χ2n) is 6.30. The maximum atomic E-state index is 12.7. The Hall–Kier alpha value is -1.35. The summed E-state index contributed by atoms with van der Waals surface area (Å²) in [5.41, 5.74) is 7.25. The number of hydrogen-bond acceptors (Lipinski definition) is 2. The van der Waals surface area contributed by atoms with Gasteiger partial charge in [-0.05, 0) is 37.2 Å². The zero-order chi connectivity index (χ0) is 14.7. The Morgan fingerprint density at radius 3 is 2.35 bits per heavy atom. The van der Waals surface area contributed by atoms with Crippen molar-refractivity contribution in [3.05, 3.63) is 35.9 Å². The summed E-state index contributed by atoms with van der Waals surface area (Å²) in [6, 6.07) is 10.1. The standard InChI is InChI=1S/C17H26N2O/c1-12(2)16(18)17(20)19(13(3)15-9-10-15)11-14-7-5-4-6-8-14/h4-8,12-13,15-16H,9-11,18H2,1-3H3. The van der Waals surface area contributed by atoms with Crippen LogP contribution in [0.15, 0.2) is 30.3 Å². The lowest BCUT2D eigenvalue weighted by Gasteiger charge is -2.33. The average Bonchev–Trinajstić information content (AvgIpc) is 3.28. The third kappa shape index (κ3) is 3.60. The molecule has 1 saturated carbocycles. The first kappa shape index (κ1) is 15.0. The number of nitrogens with two attached hydrogens (primary N) is 1. The van der Waals surface area contributed by atoms with Crippen molar-refractivity contribution in [2.75, 3.05) is 0 Å². The fourth-order valence-electron chi connectivity index (χ4n) is 2.51. The van der Waals surface area contributed by atoms with Crippen LogP contribution in [0.1, 0.15) is 39.2 Å². The van der Waals surface area contributed by atoms with Crippen LogP contribution < -0.4 is 5.73 Å². The summed E-state index contributed by atoms with van der Waals surface area (Å²) in [5, 5.41) is 0. The number of amides is 1. The molecule has 2 atom stereocenters. The van der Waals surface area contributed by atoms with Crippen molar-refractivity contribution in [2.24, 2.45) is 17.6 Å². The molecule has 0 heterocycles. The van der Waals surface area contributed by atoms with E-state index in [1.807, 2.05) is 36.9 Å². The van der Waals surface area contributed by atoms with E-state index in [-0.39, 0.29) is 17.9 Å². The van der Waals surface area contributed by atoms with Gasteiger partial charge in [-0.1, -0.05) is 44.2 Å². The lowest BCUT2D eigenvalue weighted by Crippen LogP contribution is -2.50. The maximum absolute atomic E-state index is 12.7. The molecule has 1 amide bonds. The van der Waals surface area contributed by atoms with Gasteiger partial charge in [0.2, 0.25) is 5.91 Å². The van der Waals surface area contributed by atoms with Crippen LogP contribution in [0.2, 0.25) is 0 Å². The highest BCUT2D eigenvalue weighted by atomic mass is 16.2. The van der Waals surface area contributed by atoms with E-state index < -0.39 is 6.04 Å². The van der Waals surface area contributed by atoms with E-state index in [9.17, 15) is 4.79 Å². The first-order valence-corrected chi connectivity index (χ1v) is 7.60. The van der Waals surface area contributed by atoms with E-state index in [0.29, 0.717) is 12.5 Å². The molecule has 0 spiro atoms. The molecule has 0 aliphatic heterocycles. The SMILES string of the molecule is CC(C)C(N)C(=O)N(Cc1ccccc1)C(C)C1CC1. The Bertz CT molecular complexity index is 440. The summed E-state index contributed by atoms with van der Waals surface area (Å²) >= 11 is 0. The Morgan fingerprint density at radius 1 is 1.25 bits per heavy atom. The van der Waals surface area contributed by atoms with E-state index in [1.54, 1.807) is 0 Å². The van der Waals surface area contributed by atoms with Gasteiger partial charge in [0.05, 0.1) is 6.04 Å². The smallest absolute Gasteiger partial charge is 0.240 e. The number of carbonyl (C=O) groups excluding carboxylic acids is 1. The molecule has 0 bridgehead atoms. The summed E-state index contributed by atoms with van der Waals surface area (Å²) in [6.07, 6.45) is 2.47. The molecule has 0 radical (unpaired) electrons. The Labute approximate surface area is 122 Å². The minimum Gasteiger partial charge on any atom is -0.334 e. The van der Waals surface area contributed by atoms with Crippen molar-refractivity contribution in [3.63, 3.8) is 0 Å². The molecule has 0 saturated heterocycles. The Morgan fingerprint density at radius 2 is 1.85 bits per heavy atom. The topological polar surface area (TPSA) is 46.3 Å². The molecule has 1 aromatic rings. The van der Waals surface area contributed by atoms with Gasteiger partial charge in [-0.25, -0.2) is 0 Å². The monoisotopic (exact) mass is 274 g/mol. The van der Waals surface area contributed by atoms with Gasteiger partial charge >= 0.3 is 0 Å². The molecule has 3 heteroatoms. The van der Waals surface area contributed by atoms with E-state index in [2.05, 4.69) is 19.1 Å². The number of benzene rings is 1. The summed E-state index contributed by atoms with van der Waals surface area (Å²) in [4.78, 5) is 14.6. The third-order valence-electron chi connectivity index (χ3n) is 4.28. The highest BCUT2D eigenvalue weighted by Crippen LogP contribution is 2.36. The number of hydrogen-bond donors (Lipinski definition) is 1. The zero-order valence-corrected chi connectivity index (χ0v) is 12.8. The molecule has 3 nitrogen and oxygen atoms in total. The van der Waals surface area contributed by atoms with Gasteiger partial charge < -0.3 is 10.6 Å². The summed E-state index contributed by atoms with van der Waals surface area (Å²) < 4.78 is 0. The van der Waals surface area contributed by atoms with Gasteiger partial charge in [-0.3, -0.25) is 4.79 Å². The highest BCUT2D eigenvalue weighted by molar-refractivity contribution is 5.82. The van der Waals surface area contributed by atoms with Crippen LogP contribution >= 0.6 is 0 Å². The van der Waals surface area contributed by atoms with Crippen molar-refractivity contribution in [1.29, 1.82) is 0 Å². The molecule has 1 aliphatic rings. The van der Waals surface area contributed by atoms with Crippen LogP contribution in [0.4, 0.5) is 0 Å². The molecule has 2 unspecified atom stereocenters. The highest BCUT2D eigenvalue weighted by Gasteiger charge is 2.36. The predicted molar refractivity (Wildman–Crippen MR) is 82.0 cm³/mol. The molecular formula is C17H26N2O. The van der Waals surface area contributed by atoms with Crippen molar-refractivity contribution in [1.82, 2.24) is 4.90 Å². The van der Waals surface area contributed by atoms with Crippen molar-refractivity contribution >= 4 is 5.91 Å². The van der Waals surface area contributed by atoms with Crippen LogP contribution in [-0.2, 0) is 11.3 Å². The third-order valence-corrected chi connectivity index (χ3v) is 4.28. The molecule has 1 fully saturated rings. The zero-order valence-electron chi connectivity index (χ0n) is 12.8. The fraction of sp³-hybridized carbons (Fsp3) is 0.588. The lowest BCUT2D eigenvalue weighted by atomic mass is 10.0. The van der Waals surface area contributed by atoms with Gasteiger partial charge in [0.25, 0.3) is 0 Å². The van der Waals surface area contributed by atoms with Crippen LogP contribution in [-0.4, -0.2) is 22.9 Å². The molecule has 1 aliphatic carbocycles. The molecule has 20 heavy (non-hydrogen) atoms. The largest absolute Gasteiger partial charge is 0.334 e. The second kappa shape index (κ2) is 6.40. The Kier molecular flexibility index (Phi) is 4.81. The van der Waals surface area contributed by atoms with E-state index in [4.69, 9.17) is 5.73 Å². The van der Waals surface area contributed by atoms with Gasteiger partial charge in [0.15, 0.2) is 0 Å². The van der Waals surface area contributed by atoms with Crippen LogP contribution in [0.25, 0.3) is 0 Å². The average molecular weight is 274 g/mol. The minimum atomic E-state index is -0.403. The summed E-state index contributed by atoms with van der Waals surface area (Å²) in [5.74, 6) is 0.914. The summed E-state index contributed by atoms with van der Waals surface area (Å²) in [7, 11) is 0. The van der Waals surface area contributed by atoms with E-state index >= 15 is 0 Å². The van der Waals surface area contributed by atoms with Crippen LogP contribution in [0.5, 0.6) is 0 Å². The second-order valence-corrected chi connectivity index (χ2v) is 6.30. The normalized spacial score (nSPS) is 17.9. The van der Waals surface area contributed by atoms with Crippen LogP contribution in [0.3, 0.4) is 0 Å². The predicted octanol–water partition coefficient (Wildman–Crippen LogP) is 2.80. The van der Waals surface area contributed by atoms with Gasteiger partial charge in [0.1, 0.15) is 0 Å². The van der Waals surface area contributed by atoms with Crippen molar-refractivity contribution < 1.29 is 4.79 Å². The summed E-state index contributed by atoms with van der Waals surface area (Å²) in [6.45, 7) is 6.83. The number of carbonyl (C=O) groups is 1. The van der Waals surface area contributed by atoms with Crippen molar-refractivity contribution in [3.8, 4) is 0 Å². The van der Waals surface area contributed by atoms with Gasteiger partial charge in [0, 0.05) is 12.6 Å². The molecule has 2 N–H and O–H groups in total. The molecule has 1 aromatic carbocycles. The van der Waals surface area contributed by atoms with Gasteiger partial charge in [-0.15, -0.1) is 0 Å². The Balaban J connectivity index is 2.14. The number of nitrogens with zero attached hydrogens (tertiary/aromatic N) is 1. The molecule has 0 aromatic heterocycles.